The van der Waals surface area contributed by atoms with Crippen LogP contribution < -0.4 is 15.6 Å². The predicted molar refractivity (Wildman–Crippen MR) is 167 cm³/mol. The molecule has 1 amide bonds. The monoisotopic (exact) mass is 626 g/mol. The van der Waals surface area contributed by atoms with Crippen molar-refractivity contribution in [1.29, 1.82) is 0 Å². The number of benzene rings is 3. The summed E-state index contributed by atoms with van der Waals surface area (Å²) in [6, 6.07) is 18.8. The molecule has 0 aliphatic heterocycles. The number of hydrogen-bond acceptors (Lipinski definition) is 4. The molecule has 2 N–H and O–H groups in total. The van der Waals surface area contributed by atoms with E-state index in [1.54, 1.807) is 68.0 Å². The number of nitrogens with one attached hydrogen (secondary N) is 2. The van der Waals surface area contributed by atoms with Crippen LogP contribution in [0.4, 0.5) is 5.69 Å². The molecule has 11 heteroatoms. The average molecular weight is 628 g/mol. The lowest BCUT2D eigenvalue weighted by molar-refractivity contribution is 0.0942. The van der Waals surface area contributed by atoms with Crippen LogP contribution in [0, 0.1) is 13.8 Å². The zero-order chi connectivity index (χ0) is 30.2. The standard InChI is InChI=1S/C31H32Cl2N4O4S/c1-20-11-13-24(42(40,41)35-28-21(2)36(3)37(30(28)39)23-9-5-4-6-10-23)18-25(20)29(38)34-19-31(15-7-8-16-31)26-14-12-22(32)17-27(26)33/h4-6,9-14,17-18,35H,7-8,15-16,19H2,1-3H3,(H,34,38). The van der Waals surface area contributed by atoms with Crippen molar-refractivity contribution >= 4 is 44.8 Å². The molecular formula is C31H32Cl2N4O4S. The fraction of sp³-hybridized carbons (Fsp3) is 0.290. The molecule has 220 valence electrons. The van der Waals surface area contributed by atoms with Gasteiger partial charge < -0.3 is 5.32 Å². The van der Waals surface area contributed by atoms with E-state index < -0.39 is 15.6 Å². The van der Waals surface area contributed by atoms with Crippen molar-refractivity contribution < 1.29 is 13.2 Å². The van der Waals surface area contributed by atoms with Gasteiger partial charge in [0, 0.05) is 34.6 Å². The van der Waals surface area contributed by atoms with E-state index in [2.05, 4.69) is 10.0 Å². The molecule has 0 radical (unpaired) electrons. The fourth-order valence-electron chi connectivity index (χ4n) is 5.75. The topological polar surface area (TPSA) is 102 Å². The summed E-state index contributed by atoms with van der Waals surface area (Å²) in [5, 5.41) is 4.15. The summed E-state index contributed by atoms with van der Waals surface area (Å²) in [5.74, 6) is -0.386. The van der Waals surface area contributed by atoms with Crippen LogP contribution in [-0.4, -0.2) is 30.2 Å². The van der Waals surface area contributed by atoms with Gasteiger partial charge in [-0.15, -0.1) is 0 Å². The van der Waals surface area contributed by atoms with Crippen molar-refractivity contribution in [2.24, 2.45) is 7.05 Å². The zero-order valence-corrected chi connectivity index (χ0v) is 25.9. The number of hydrogen-bond donors (Lipinski definition) is 2. The minimum Gasteiger partial charge on any atom is -0.351 e. The van der Waals surface area contributed by atoms with Crippen LogP contribution in [0.5, 0.6) is 0 Å². The molecule has 3 aromatic carbocycles. The van der Waals surface area contributed by atoms with E-state index in [0.29, 0.717) is 33.5 Å². The van der Waals surface area contributed by atoms with Gasteiger partial charge in [-0.25, -0.2) is 13.1 Å². The fourth-order valence-corrected chi connectivity index (χ4v) is 7.50. The van der Waals surface area contributed by atoms with Gasteiger partial charge in [0.15, 0.2) is 0 Å². The summed E-state index contributed by atoms with van der Waals surface area (Å²) in [4.78, 5) is 26.6. The Morgan fingerprint density at radius 2 is 1.67 bits per heavy atom. The molecule has 4 aromatic rings. The van der Waals surface area contributed by atoms with Gasteiger partial charge in [0.1, 0.15) is 5.69 Å². The van der Waals surface area contributed by atoms with Crippen molar-refractivity contribution in [1.82, 2.24) is 14.7 Å². The van der Waals surface area contributed by atoms with Crippen molar-refractivity contribution in [2.75, 3.05) is 11.3 Å². The van der Waals surface area contributed by atoms with E-state index in [-0.39, 0.29) is 27.5 Å². The molecule has 1 heterocycles. The minimum atomic E-state index is -4.20. The smallest absolute Gasteiger partial charge is 0.296 e. The zero-order valence-electron chi connectivity index (χ0n) is 23.6. The Morgan fingerprint density at radius 1 is 0.976 bits per heavy atom. The molecule has 1 fully saturated rings. The van der Waals surface area contributed by atoms with Crippen LogP contribution in [0.3, 0.4) is 0 Å². The van der Waals surface area contributed by atoms with Crippen LogP contribution in [0.1, 0.15) is 52.9 Å². The second-order valence-corrected chi connectivity index (χ2v) is 13.3. The number of carbonyl (C=O) groups is 1. The quantitative estimate of drug-likeness (QED) is 0.245. The third kappa shape index (κ3) is 5.61. The van der Waals surface area contributed by atoms with Gasteiger partial charge in [0.2, 0.25) is 0 Å². The maximum Gasteiger partial charge on any atom is 0.296 e. The number of sulfonamides is 1. The molecule has 1 aliphatic rings. The van der Waals surface area contributed by atoms with Crippen molar-refractivity contribution in [3.8, 4) is 5.69 Å². The molecule has 1 saturated carbocycles. The maximum absolute atomic E-state index is 13.5. The van der Waals surface area contributed by atoms with Gasteiger partial charge in [0.25, 0.3) is 21.5 Å². The number of carbonyl (C=O) groups excluding carboxylic acids is 1. The lowest BCUT2D eigenvalue weighted by Gasteiger charge is -2.31. The highest BCUT2D eigenvalue weighted by molar-refractivity contribution is 7.92. The summed E-state index contributed by atoms with van der Waals surface area (Å²) >= 11 is 12.7. The number of rotatable bonds is 8. The highest BCUT2D eigenvalue weighted by Gasteiger charge is 2.37. The largest absolute Gasteiger partial charge is 0.351 e. The highest BCUT2D eigenvalue weighted by atomic mass is 35.5. The van der Waals surface area contributed by atoms with E-state index in [0.717, 1.165) is 31.2 Å². The van der Waals surface area contributed by atoms with Gasteiger partial charge in [-0.3, -0.25) is 19.0 Å². The Kier molecular flexibility index (Phi) is 8.29. The lowest BCUT2D eigenvalue weighted by Crippen LogP contribution is -2.39. The van der Waals surface area contributed by atoms with Crippen LogP contribution in [-0.2, 0) is 22.5 Å². The van der Waals surface area contributed by atoms with Gasteiger partial charge in [-0.2, -0.15) is 0 Å². The van der Waals surface area contributed by atoms with E-state index in [1.807, 2.05) is 12.1 Å². The molecular weight excluding hydrogens is 595 g/mol. The summed E-state index contributed by atoms with van der Waals surface area (Å²) in [5.41, 5.74) is 1.96. The molecule has 0 unspecified atom stereocenters. The second-order valence-electron chi connectivity index (χ2n) is 10.8. The Balaban J connectivity index is 1.40. The third-order valence-electron chi connectivity index (χ3n) is 8.21. The first kappa shape index (κ1) is 29.9. The summed E-state index contributed by atoms with van der Waals surface area (Å²) in [6.45, 7) is 3.77. The van der Waals surface area contributed by atoms with Gasteiger partial charge >= 0.3 is 0 Å². The third-order valence-corrected chi connectivity index (χ3v) is 10.1. The molecule has 1 aromatic heterocycles. The van der Waals surface area contributed by atoms with Gasteiger partial charge in [-0.05, 0) is 74.2 Å². The SMILES string of the molecule is Cc1ccc(S(=O)(=O)Nc2c(C)n(C)n(-c3ccccc3)c2=O)cc1C(=O)NCC1(c2ccc(Cl)cc2Cl)CCCC1. The summed E-state index contributed by atoms with van der Waals surface area (Å²) in [6.07, 6.45) is 3.75. The van der Waals surface area contributed by atoms with Crippen molar-refractivity contribution in [3.05, 3.63) is 110 Å². The molecule has 0 bridgehead atoms. The Hall–Kier alpha value is -3.53. The first-order valence-corrected chi connectivity index (χ1v) is 15.9. The maximum atomic E-state index is 13.5. The number of nitrogens with zero attached hydrogens (tertiary/aromatic N) is 2. The Labute approximate surface area is 255 Å². The first-order chi connectivity index (χ1) is 19.9. The number of aryl methyl sites for hydroxylation is 1. The summed E-state index contributed by atoms with van der Waals surface area (Å²) in [7, 11) is -2.51. The van der Waals surface area contributed by atoms with Gasteiger partial charge in [-0.1, -0.05) is 66.4 Å². The van der Waals surface area contributed by atoms with Gasteiger partial charge in [0.05, 0.1) is 16.3 Å². The second kappa shape index (κ2) is 11.6. The molecule has 8 nitrogen and oxygen atoms in total. The van der Waals surface area contributed by atoms with Crippen LogP contribution in [0.2, 0.25) is 10.0 Å². The highest BCUT2D eigenvalue weighted by Crippen LogP contribution is 2.44. The van der Waals surface area contributed by atoms with E-state index in [9.17, 15) is 18.0 Å². The van der Waals surface area contributed by atoms with Crippen molar-refractivity contribution in [2.45, 2.75) is 49.8 Å². The number of para-hydroxylation sites is 1. The minimum absolute atomic E-state index is 0.0593. The number of aromatic nitrogens is 2. The Bertz CT molecular complexity index is 1830. The predicted octanol–water partition coefficient (Wildman–Crippen LogP) is 6.14. The molecule has 0 spiro atoms. The van der Waals surface area contributed by atoms with E-state index in [4.69, 9.17) is 23.2 Å². The van der Waals surface area contributed by atoms with Crippen LogP contribution in [0.15, 0.2) is 76.4 Å². The van der Waals surface area contributed by atoms with Crippen molar-refractivity contribution in [3.63, 3.8) is 0 Å². The summed E-state index contributed by atoms with van der Waals surface area (Å²) < 4.78 is 32.4. The molecule has 42 heavy (non-hydrogen) atoms. The Morgan fingerprint density at radius 3 is 2.33 bits per heavy atom. The van der Waals surface area contributed by atoms with Crippen LogP contribution >= 0.6 is 23.2 Å². The number of amides is 1. The van der Waals surface area contributed by atoms with E-state index in [1.165, 1.54) is 16.8 Å². The van der Waals surface area contributed by atoms with E-state index >= 15 is 0 Å². The number of anilines is 1. The molecule has 0 atom stereocenters. The number of halogens is 2. The molecule has 5 rings (SSSR count). The molecule has 1 aliphatic carbocycles. The first-order valence-electron chi connectivity index (χ1n) is 13.6. The molecule has 0 saturated heterocycles. The normalized spacial score (nSPS) is 14.6. The average Bonchev–Trinajstić information content (AvgIpc) is 3.51. The lowest BCUT2D eigenvalue weighted by atomic mass is 9.78. The van der Waals surface area contributed by atoms with Crippen LogP contribution in [0.25, 0.3) is 5.69 Å².